The van der Waals surface area contributed by atoms with Gasteiger partial charge < -0.3 is 23.7 Å². The Hall–Kier alpha value is -7.22. The Morgan fingerprint density at radius 2 is 1.18 bits per heavy atom. The van der Waals surface area contributed by atoms with E-state index in [-0.39, 0.29) is 37.0 Å². The summed E-state index contributed by atoms with van der Waals surface area (Å²) in [6, 6.07) is 17.1. The van der Waals surface area contributed by atoms with Crippen molar-refractivity contribution in [2.45, 2.75) is 32.3 Å². The van der Waals surface area contributed by atoms with E-state index in [0.29, 0.717) is 50.8 Å². The summed E-state index contributed by atoms with van der Waals surface area (Å²) >= 11 is 0. The molecule has 0 amide bonds. The Morgan fingerprint density at radius 1 is 0.667 bits per heavy atom. The van der Waals surface area contributed by atoms with E-state index in [1.165, 1.54) is 65.8 Å². The highest BCUT2D eigenvalue weighted by Gasteiger charge is 2.32. The molecule has 57 heavy (non-hydrogen) atoms. The molecule has 0 unspecified atom stereocenters. The lowest BCUT2D eigenvalue weighted by atomic mass is 10.1. The number of pyridine rings is 2. The summed E-state index contributed by atoms with van der Waals surface area (Å²) in [4.78, 5) is 47.2. The molecule has 1 aliphatic rings. The van der Waals surface area contributed by atoms with Gasteiger partial charge in [0.2, 0.25) is 0 Å². The first-order valence-electron chi connectivity index (χ1n) is 16.2. The maximum Gasteiger partial charge on any atom is 0.573 e. The molecule has 0 aliphatic carbocycles. The fourth-order valence-electron chi connectivity index (χ4n) is 5.07. The van der Waals surface area contributed by atoms with Gasteiger partial charge in [0.05, 0.1) is 36.7 Å². The Labute approximate surface area is 316 Å². The fourth-order valence-corrected chi connectivity index (χ4v) is 5.07. The van der Waals surface area contributed by atoms with Gasteiger partial charge in [-0.2, -0.15) is 0 Å². The van der Waals surface area contributed by atoms with Crippen molar-refractivity contribution in [3.8, 4) is 39.8 Å². The molecule has 0 saturated carbocycles. The Morgan fingerprint density at radius 3 is 1.68 bits per heavy atom. The smallest absolute Gasteiger partial charge is 0.424 e. The van der Waals surface area contributed by atoms with Gasteiger partial charge in [0, 0.05) is 47.0 Å². The lowest BCUT2D eigenvalue weighted by Gasteiger charge is -2.09. The molecular formula is C37H25F6N7O7. The number of oxazole rings is 1. The average Bonchev–Trinajstić information content (AvgIpc) is 3.72. The number of aliphatic hydroxyl groups is 1. The predicted molar refractivity (Wildman–Crippen MR) is 185 cm³/mol. The van der Waals surface area contributed by atoms with Gasteiger partial charge in [-0.05, 0) is 72.8 Å². The SMILES string of the molecule is O=C1Cc2nc(-c3ccc(OC(F)(F)F)cc3)ccc2O1.O=c1oc2ccc(-c3ccc(OC(F)(F)F)cc3)nc2n1Cc1cncnc1.OCc1cncnc1. The number of aromatic nitrogens is 7. The van der Waals surface area contributed by atoms with Crippen LogP contribution in [0.25, 0.3) is 33.7 Å². The monoisotopic (exact) mass is 793 g/mol. The number of alkyl halides is 6. The van der Waals surface area contributed by atoms with Crippen molar-refractivity contribution >= 4 is 17.2 Å². The second kappa shape index (κ2) is 17.1. The number of carbonyl (C=O) groups is 1. The second-order valence-electron chi connectivity index (χ2n) is 11.6. The van der Waals surface area contributed by atoms with Crippen LogP contribution < -0.4 is 20.0 Å². The quantitative estimate of drug-likeness (QED) is 0.137. The number of esters is 1. The third-order valence-corrected chi connectivity index (χ3v) is 7.50. The minimum Gasteiger partial charge on any atom is -0.424 e. The molecule has 0 fully saturated rings. The minimum absolute atomic E-state index is 0.0147. The predicted octanol–water partition coefficient (Wildman–Crippen LogP) is 6.47. The Balaban J connectivity index is 0.000000166. The van der Waals surface area contributed by atoms with Crippen molar-refractivity contribution < 1.29 is 54.9 Å². The van der Waals surface area contributed by atoms with Crippen LogP contribution in [0.4, 0.5) is 26.3 Å². The number of fused-ring (bicyclic) bond motifs is 2. The number of rotatable bonds is 7. The molecule has 1 aliphatic heterocycles. The normalized spacial score (nSPS) is 12.1. The molecule has 292 valence electrons. The van der Waals surface area contributed by atoms with Gasteiger partial charge in [-0.15, -0.1) is 26.3 Å². The van der Waals surface area contributed by atoms with Gasteiger partial charge in [0.15, 0.2) is 17.0 Å². The van der Waals surface area contributed by atoms with Crippen LogP contribution in [0.15, 0.2) is 119 Å². The summed E-state index contributed by atoms with van der Waals surface area (Å²) in [5.74, 6) is -1.17. The standard InChI is InChI=1S/C18H11F3N4O3.C14H8F3NO3.C5H6N2O/c19-18(20,21)28-13-3-1-12(2-4-13)14-5-6-15-16(24-14)25(17(26)27-15)9-11-7-22-10-23-8-11;15-14(16,17)21-9-3-1-8(2-4-9)10-5-6-12-11(18-10)7-13(19)20-12;8-3-5-1-6-4-7-2-5/h1-8,10H,9H2;1-6H,7H2;1-2,4,8H,3H2. The van der Waals surface area contributed by atoms with Crippen molar-refractivity contribution in [2.24, 2.45) is 0 Å². The largest absolute Gasteiger partial charge is 0.573 e. The first-order valence-corrected chi connectivity index (χ1v) is 16.2. The molecule has 6 heterocycles. The molecule has 2 aromatic carbocycles. The third kappa shape index (κ3) is 10.9. The highest BCUT2D eigenvalue weighted by Crippen LogP contribution is 2.30. The summed E-state index contributed by atoms with van der Waals surface area (Å²) in [6.07, 6.45) is -0.277. The maximum atomic E-state index is 12.3. The average molecular weight is 794 g/mol. The van der Waals surface area contributed by atoms with E-state index >= 15 is 0 Å². The van der Waals surface area contributed by atoms with E-state index < -0.39 is 18.5 Å². The second-order valence-corrected chi connectivity index (χ2v) is 11.6. The van der Waals surface area contributed by atoms with Crippen molar-refractivity contribution in [3.05, 3.63) is 138 Å². The van der Waals surface area contributed by atoms with Crippen molar-refractivity contribution in [2.75, 3.05) is 0 Å². The van der Waals surface area contributed by atoms with Gasteiger partial charge in [-0.25, -0.2) is 34.7 Å². The van der Waals surface area contributed by atoms with Gasteiger partial charge in [-0.1, -0.05) is 0 Å². The van der Waals surface area contributed by atoms with E-state index in [2.05, 4.69) is 39.4 Å². The molecule has 7 aromatic rings. The highest BCUT2D eigenvalue weighted by molar-refractivity contribution is 5.80. The maximum absolute atomic E-state index is 12.3. The van der Waals surface area contributed by atoms with Crippen molar-refractivity contribution in [1.29, 1.82) is 0 Å². The van der Waals surface area contributed by atoms with Crippen LogP contribution in [-0.4, -0.2) is 58.3 Å². The van der Waals surface area contributed by atoms with E-state index in [0.717, 1.165) is 5.56 Å². The molecule has 20 heteroatoms. The zero-order valence-corrected chi connectivity index (χ0v) is 28.8. The van der Waals surface area contributed by atoms with Crippen LogP contribution in [0.5, 0.6) is 17.2 Å². The molecule has 0 spiro atoms. The zero-order valence-electron chi connectivity index (χ0n) is 28.8. The molecule has 0 saturated heterocycles. The summed E-state index contributed by atoms with van der Waals surface area (Å²) in [5.41, 5.74) is 4.74. The zero-order chi connectivity index (χ0) is 40.6. The molecule has 0 radical (unpaired) electrons. The molecule has 0 bridgehead atoms. The number of hydrogen-bond acceptors (Lipinski definition) is 13. The van der Waals surface area contributed by atoms with Crippen LogP contribution in [0.2, 0.25) is 0 Å². The van der Waals surface area contributed by atoms with E-state index in [1.54, 1.807) is 49.1 Å². The van der Waals surface area contributed by atoms with Crippen LogP contribution in [-0.2, 0) is 24.4 Å². The molecular weight excluding hydrogens is 768 g/mol. The highest BCUT2D eigenvalue weighted by atomic mass is 19.4. The molecule has 14 nitrogen and oxygen atoms in total. The number of benzene rings is 2. The van der Waals surface area contributed by atoms with Crippen LogP contribution in [0.1, 0.15) is 16.8 Å². The van der Waals surface area contributed by atoms with Crippen LogP contribution in [0.3, 0.4) is 0 Å². The Kier molecular flexibility index (Phi) is 11.8. The van der Waals surface area contributed by atoms with Gasteiger partial charge >= 0.3 is 24.5 Å². The molecule has 1 N–H and O–H groups in total. The third-order valence-electron chi connectivity index (χ3n) is 7.50. The molecule has 8 rings (SSSR count). The minimum atomic E-state index is -4.76. The number of halogens is 6. The van der Waals surface area contributed by atoms with E-state index in [1.807, 2.05) is 0 Å². The van der Waals surface area contributed by atoms with Gasteiger partial charge in [-0.3, -0.25) is 9.36 Å². The lowest BCUT2D eigenvalue weighted by Crippen LogP contribution is -2.17. The summed E-state index contributed by atoms with van der Waals surface area (Å²) in [7, 11) is 0. The van der Waals surface area contributed by atoms with Crippen LogP contribution in [0, 0.1) is 0 Å². The molecule has 5 aromatic heterocycles. The van der Waals surface area contributed by atoms with E-state index in [4.69, 9.17) is 14.3 Å². The van der Waals surface area contributed by atoms with Gasteiger partial charge in [0.1, 0.15) is 24.2 Å². The first kappa shape index (κ1) is 39.5. The fraction of sp³-hybridized carbons (Fsp3) is 0.135. The van der Waals surface area contributed by atoms with Crippen molar-refractivity contribution in [3.63, 3.8) is 0 Å². The number of hydrogen-bond donors (Lipinski definition) is 1. The van der Waals surface area contributed by atoms with Gasteiger partial charge in [0.25, 0.3) is 0 Å². The van der Waals surface area contributed by atoms with Crippen LogP contribution >= 0.6 is 0 Å². The number of ether oxygens (including phenoxy) is 3. The summed E-state index contributed by atoms with van der Waals surface area (Å²) in [6.45, 7) is 0.183. The summed E-state index contributed by atoms with van der Waals surface area (Å²) < 4.78 is 92.2. The van der Waals surface area contributed by atoms with Crippen molar-refractivity contribution in [1.82, 2.24) is 34.5 Å². The first-order chi connectivity index (χ1) is 27.2. The lowest BCUT2D eigenvalue weighted by molar-refractivity contribution is -0.275. The summed E-state index contributed by atoms with van der Waals surface area (Å²) in [5, 5.41) is 8.46. The topological polar surface area (TPSA) is 177 Å². The number of nitrogens with zero attached hydrogens (tertiary/aromatic N) is 7. The number of aliphatic hydroxyl groups excluding tert-OH is 1. The Bertz CT molecular complexity index is 2500. The molecule has 0 atom stereocenters. The van der Waals surface area contributed by atoms with E-state index in [9.17, 15) is 35.9 Å². The number of carbonyl (C=O) groups excluding carboxylic acids is 1.